The minimum absolute atomic E-state index is 0.0114. The van der Waals surface area contributed by atoms with Crippen molar-refractivity contribution in [3.8, 4) is 0 Å². The quantitative estimate of drug-likeness (QED) is 0.312. The summed E-state index contributed by atoms with van der Waals surface area (Å²) in [6.45, 7) is 8.34. The Morgan fingerprint density at radius 1 is 0.852 bits per heavy atom. The molecule has 8 heteroatoms. The molecular formula is C19H37NO7. The highest BCUT2D eigenvalue weighted by molar-refractivity contribution is 5.81. The molecule has 0 aromatic rings. The molecule has 160 valence electrons. The van der Waals surface area contributed by atoms with Crippen molar-refractivity contribution in [3.05, 3.63) is 0 Å². The number of ketones is 1. The molecule has 1 amide bonds. The van der Waals surface area contributed by atoms with Gasteiger partial charge in [0.2, 0.25) is 5.91 Å². The molecule has 0 heterocycles. The molecule has 0 saturated carbocycles. The number of amides is 1. The van der Waals surface area contributed by atoms with E-state index in [2.05, 4.69) is 5.32 Å². The van der Waals surface area contributed by atoms with Crippen molar-refractivity contribution in [2.45, 2.75) is 33.1 Å². The summed E-state index contributed by atoms with van der Waals surface area (Å²) >= 11 is 0. The summed E-state index contributed by atoms with van der Waals surface area (Å²) in [6.07, 6.45) is 2.03. The number of hydrogen-bond acceptors (Lipinski definition) is 7. The number of ether oxygens (including phenoxy) is 5. The van der Waals surface area contributed by atoms with E-state index in [1.165, 1.54) is 0 Å². The maximum atomic E-state index is 11.5. The maximum absolute atomic E-state index is 11.5. The van der Waals surface area contributed by atoms with Crippen molar-refractivity contribution in [1.82, 2.24) is 5.32 Å². The average molecular weight is 392 g/mol. The second-order valence-corrected chi connectivity index (χ2v) is 6.11. The number of nitrogens with one attached hydrogen (secondary N) is 1. The van der Waals surface area contributed by atoms with Gasteiger partial charge < -0.3 is 29.0 Å². The predicted molar refractivity (Wildman–Crippen MR) is 102 cm³/mol. The monoisotopic (exact) mass is 391 g/mol. The topological polar surface area (TPSA) is 92.3 Å². The molecule has 1 unspecified atom stereocenters. The van der Waals surface area contributed by atoms with Crippen LogP contribution in [0.2, 0.25) is 0 Å². The highest BCUT2D eigenvalue weighted by Gasteiger charge is 2.09. The smallest absolute Gasteiger partial charge is 0.220 e. The van der Waals surface area contributed by atoms with E-state index in [-0.39, 0.29) is 24.2 Å². The lowest BCUT2D eigenvalue weighted by atomic mass is 10.1. The first-order valence-electron chi connectivity index (χ1n) is 9.71. The lowest BCUT2D eigenvalue weighted by Gasteiger charge is -2.09. The minimum Gasteiger partial charge on any atom is -0.385 e. The zero-order valence-electron chi connectivity index (χ0n) is 17.1. The van der Waals surface area contributed by atoms with Crippen molar-refractivity contribution in [2.75, 3.05) is 73.1 Å². The van der Waals surface area contributed by atoms with Crippen LogP contribution in [0, 0.1) is 5.92 Å². The standard InChI is InChI=1S/C19H37NO7/c1-4-17(2)18(21)16-27-15-14-26-13-12-25-11-10-24-9-7-20-19(22)6-5-8-23-3/h17H,4-16H2,1-3H3,(H,20,22). The SMILES string of the molecule is CCC(C)C(=O)COCCOCCOCCOCCNC(=O)CCCOC. The van der Waals surface area contributed by atoms with Gasteiger partial charge in [0.1, 0.15) is 6.61 Å². The van der Waals surface area contributed by atoms with Gasteiger partial charge in [0.15, 0.2) is 5.78 Å². The van der Waals surface area contributed by atoms with Crippen LogP contribution in [0.4, 0.5) is 0 Å². The van der Waals surface area contributed by atoms with E-state index in [1.807, 2.05) is 13.8 Å². The van der Waals surface area contributed by atoms with Crippen LogP contribution in [0.25, 0.3) is 0 Å². The third kappa shape index (κ3) is 18.1. The molecule has 1 atom stereocenters. The van der Waals surface area contributed by atoms with Gasteiger partial charge >= 0.3 is 0 Å². The molecule has 27 heavy (non-hydrogen) atoms. The van der Waals surface area contributed by atoms with Gasteiger partial charge in [0.25, 0.3) is 0 Å². The number of Topliss-reactive ketones (excluding diaryl/α,β-unsaturated/α-hetero) is 1. The summed E-state index contributed by atoms with van der Waals surface area (Å²) < 4.78 is 26.3. The normalized spacial score (nSPS) is 12.1. The zero-order valence-corrected chi connectivity index (χ0v) is 17.1. The lowest BCUT2D eigenvalue weighted by Crippen LogP contribution is -2.27. The predicted octanol–water partition coefficient (Wildman–Crippen LogP) is 1.21. The first-order valence-corrected chi connectivity index (χ1v) is 9.71. The Morgan fingerprint density at radius 2 is 1.41 bits per heavy atom. The Balaban J connectivity index is 3.19. The third-order valence-corrected chi connectivity index (χ3v) is 3.84. The van der Waals surface area contributed by atoms with Crippen LogP contribution in [-0.2, 0) is 33.3 Å². The molecule has 1 N–H and O–H groups in total. The fourth-order valence-electron chi connectivity index (χ4n) is 1.93. The Kier molecular flexibility index (Phi) is 18.9. The van der Waals surface area contributed by atoms with E-state index in [0.717, 1.165) is 12.8 Å². The summed E-state index contributed by atoms with van der Waals surface area (Å²) in [4.78, 5) is 22.9. The third-order valence-electron chi connectivity index (χ3n) is 3.84. The molecule has 0 rings (SSSR count). The van der Waals surface area contributed by atoms with E-state index in [4.69, 9.17) is 23.7 Å². The van der Waals surface area contributed by atoms with Crippen molar-refractivity contribution in [3.63, 3.8) is 0 Å². The molecule has 0 aliphatic rings. The van der Waals surface area contributed by atoms with Gasteiger partial charge in [-0.1, -0.05) is 13.8 Å². The Hall–Kier alpha value is -1.06. The highest BCUT2D eigenvalue weighted by Crippen LogP contribution is 2.01. The first-order chi connectivity index (χ1) is 13.1. The zero-order chi connectivity index (χ0) is 20.2. The van der Waals surface area contributed by atoms with Crippen molar-refractivity contribution in [2.24, 2.45) is 5.92 Å². The molecule has 0 fully saturated rings. The van der Waals surface area contributed by atoms with Gasteiger partial charge in [0, 0.05) is 32.6 Å². The average Bonchev–Trinajstić information content (AvgIpc) is 2.67. The molecule has 0 radical (unpaired) electrons. The number of rotatable bonds is 20. The molecule has 0 spiro atoms. The van der Waals surface area contributed by atoms with Gasteiger partial charge in [-0.3, -0.25) is 9.59 Å². The fraction of sp³-hybridized carbons (Fsp3) is 0.895. The van der Waals surface area contributed by atoms with E-state index in [1.54, 1.807) is 7.11 Å². The van der Waals surface area contributed by atoms with Crippen molar-refractivity contribution >= 4 is 11.7 Å². The van der Waals surface area contributed by atoms with E-state index < -0.39 is 0 Å². The van der Waals surface area contributed by atoms with Gasteiger partial charge in [-0.15, -0.1) is 0 Å². The summed E-state index contributed by atoms with van der Waals surface area (Å²) in [6, 6.07) is 0. The van der Waals surface area contributed by atoms with E-state index in [0.29, 0.717) is 65.8 Å². The number of carbonyl (C=O) groups is 2. The van der Waals surface area contributed by atoms with Crippen LogP contribution in [0.15, 0.2) is 0 Å². The highest BCUT2D eigenvalue weighted by atomic mass is 16.6. The fourth-order valence-corrected chi connectivity index (χ4v) is 1.93. The van der Waals surface area contributed by atoms with Crippen LogP contribution in [0.1, 0.15) is 33.1 Å². The summed E-state index contributed by atoms with van der Waals surface area (Å²) in [5.41, 5.74) is 0. The van der Waals surface area contributed by atoms with E-state index >= 15 is 0 Å². The lowest BCUT2D eigenvalue weighted by molar-refractivity contribution is -0.127. The van der Waals surface area contributed by atoms with E-state index in [9.17, 15) is 9.59 Å². The van der Waals surface area contributed by atoms with Crippen molar-refractivity contribution in [1.29, 1.82) is 0 Å². The van der Waals surface area contributed by atoms with Crippen LogP contribution in [0.3, 0.4) is 0 Å². The van der Waals surface area contributed by atoms with Crippen LogP contribution >= 0.6 is 0 Å². The number of hydrogen-bond donors (Lipinski definition) is 1. The van der Waals surface area contributed by atoms with Crippen LogP contribution < -0.4 is 5.32 Å². The van der Waals surface area contributed by atoms with Gasteiger partial charge in [-0.05, 0) is 12.8 Å². The van der Waals surface area contributed by atoms with Crippen molar-refractivity contribution < 1.29 is 33.3 Å². The Morgan fingerprint density at radius 3 is 1.96 bits per heavy atom. The summed E-state index contributed by atoms with van der Waals surface area (Å²) in [5, 5.41) is 2.78. The second-order valence-electron chi connectivity index (χ2n) is 6.11. The molecule has 0 aromatic heterocycles. The maximum Gasteiger partial charge on any atom is 0.220 e. The van der Waals surface area contributed by atoms with Gasteiger partial charge in [0.05, 0.1) is 46.2 Å². The Labute approximate surface area is 163 Å². The van der Waals surface area contributed by atoms with Gasteiger partial charge in [-0.25, -0.2) is 0 Å². The van der Waals surface area contributed by atoms with Crippen LogP contribution in [0.5, 0.6) is 0 Å². The molecule has 0 bridgehead atoms. The molecule has 0 aliphatic carbocycles. The van der Waals surface area contributed by atoms with Gasteiger partial charge in [-0.2, -0.15) is 0 Å². The first kappa shape index (κ1) is 25.9. The minimum atomic E-state index is 0.0114. The summed E-state index contributed by atoms with van der Waals surface area (Å²) in [5.74, 6) is 0.197. The van der Waals surface area contributed by atoms with Crippen LogP contribution in [-0.4, -0.2) is 84.8 Å². The molecule has 0 aliphatic heterocycles. The molecule has 0 saturated heterocycles. The number of methoxy groups -OCH3 is 1. The Bertz CT molecular complexity index is 366. The molecular weight excluding hydrogens is 354 g/mol. The largest absolute Gasteiger partial charge is 0.385 e. The second kappa shape index (κ2) is 19.7. The summed E-state index contributed by atoms with van der Waals surface area (Å²) in [7, 11) is 1.62. The molecule has 8 nitrogen and oxygen atoms in total. The number of carbonyl (C=O) groups excluding carboxylic acids is 2. The molecule has 0 aromatic carbocycles.